The molecule has 0 radical (unpaired) electrons. The zero-order chi connectivity index (χ0) is 16.2. The number of ether oxygens (including phenoxy) is 2. The summed E-state index contributed by atoms with van der Waals surface area (Å²) >= 11 is 1.45. The SMILES string of the molecule is CC(Sc1ccc2c(c1)OCCCO2)C(=O)c1ccc(F)cc1. The van der Waals surface area contributed by atoms with Crippen LogP contribution in [0.15, 0.2) is 47.4 Å². The molecule has 0 saturated carbocycles. The lowest BCUT2D eigenvalue weighted by Gasteiger charge is -2.13. The van der Waals surface area contributed by atoms with E-state index < -0.39 is 0 Å². The number of rotatable bonds is 4. The van der Waals surface area contributed by atoms with Gasteiger partial charge in [-0.2, -0.15) is 0 Å². The van der Waals surface area contributed by atoms with Gasteiger partial charge in [-0.3, -0.25) is 4.79 Å². The predicted octanol–water partition coefficient (Wildman–Crippen LogP) is 4.35. The molecule has 0 N–H and O–H groups in total. The van der Waals surface area contributed by atoms with Crippen LogP contribution in [0, 0.1) is 5.82 Å². The van der Waals surface area contributed by atoms with Gasteiger partial charge in [0.05, 0.1) is 18.5 Å². The van der Waals surface area contributed by atoms with Gasteiger partial charge < -0.3 is 9.47 Å². The Balaban J connectivity index is 1.72. The van der Waals surface area contributed by atoms with Crippen molar-refractivity contribution in [3.63, 3.8) is 0 Å². The second kappa shape index (κ2) is 7.04. The molecule has 0 bridgehead atoms. The average molecular weight is 332 g/mol. The molecule has 1 unspecified atom stereocenters. The second-order valence-corrected chi connectivity index (χ2v) is 6.70. The van der Waals surface area contributed by atoms with E-state index in [1.54, 1.807) is 0 Å². The van der Waals surface area contributed by atoms with Gasteiger partial charge in [-0.1, -0.05) is 0 Å². The molecule has 0 fully saturated rings. The van der Waals surface area contributed by atoms with Crippen molar-refractivity contribution in [3.05, 3.63) is 53.8 Å². The van der Waals surface area contributed by atoms with Gasteiger partial charge in [-0.25, -0.2) is 4.39 Å². The molecule has 2 aromatic carbocycles. The first-order valence-electron chi connectivity index (χ1n) is 7.49. The van der Waals surface area contributed by atoms with Gasteiger partial charge in [0, 0.05) is 16.9 Å². The van der Waals surface area contributed by atoms with Crippen LogP contribution in [0.3, 0.4) is 0 Å². The van der Waals surface area contributed by atoms with Crippen LogP contribution in [0.25, 0.3) is 0 Å². The van der Waals surface area contributed by atoms with E-state index >= 15 is 0 Å². The molecule has 120 valence electrons. The normalized spacial score (nSPS) is 14.9. The van der Waals surface area contributed by atoms with Crippen LogP contribution in [0.5, 0.6) is 11.5 Å². The Morgan fingerprint density at radius 2 is 1.78 bits per heavy atom. The largest absolute Gasteiger partial charge is 0.490 e. The molecule has 23 heavy (non-hydrogen) atoms. The summed E-state index contributed by atoms with van der Waals surface area (Å²) in [5.41, 5.74) is 0.515. The fourth-order valence-corrected chi connectivity index (χ4v) is 3.30. The molecule has 2 aromatic rings. The highest BCUT2D eigenvalue weighted by Crippen LogP contribution is 2.35. The molecular formula is C18H17FO3S. The zero-order valence-electron chi connectivity index (χ0n) is 12.8. The molecule has 1 heterocycles. The molecule has 0 aliphatic carbocycles. The first-order chi connectivity index (χ1) is 11.1. The number of hydrogen-bond donors (Lipinski definition) is 0. The van der Waals surface area contributed by atoms with Crippen molar-refractivity contribution in [1.29, 1.82) is 0 Å². The molecule has 1 aliphatic rings. The summed E-state index contributed by atoms with van der Waals surface area (Å²) in [5.74, 6) is 1.09. The van der Waals surface area contributed by atoms with Crippen LogP contribution < -0.4 is 9.47 Å². The van der Waals surface area contributed by atoms with Crippen LogP contribution in [-0.4, -0.2) is 24.2 Å². The third kappa shape index (κ3) is 3.85. The van der Waals surface area contributed by atoms with Crippen LogP contribution in [0.2, 0.25) is 0 Å². The van der Waals surface area contributed by atoms with Crippen molar-refractivity contribution in [2.75, 3.05) is 13.2 Å². The topological polar surface area (TPSA) is 35.5 Å². The Morgan fingerprint density at radius 3 is 2.52 bits per heavy atom. The first kappa shape index (κ1) is 15.9. The van der Waals surface area contributed by atoms with Gasteiger partial charge in [-0.05, 0) is 49.4 Å². The Hall–Kier alpha value is -2.01. The van der Waals surface area contributed by atoms with Gasteiger partial charge in [0.25, 0.3) is 0 Å². The van der Waals surface area contributed by atoms with Crippen LogP contribution >= 0.6 is 11.8 Å². The highest BCUT2D eigenvalue weighted by atomic mass is 32.2. The average Bonchev–Trinajstić information content (AvgIpc) is 2.79. The number of thioether (sulfide) groups is 1. The summed E-state index contributed by atoms with van der Waals surface area (Å²) in [6, 6.07) is 11.3. The lowest BCUT2D eigenvalue weighted by Crippen LogP contribution is -2.13. The zero-order valence-corrected chi connectivity index (χ0v) is 13.6. The number of Topliss-reactive ketones (excluding diaryl/α,β-unsaturated/α-hetero) is 1. The Kier molecular flexibility index (Phi) is 4.86. The van der Waals surface area contributed by atoms with E-state index in [2.05, 4.69) is 0 Å². The van der Waals surface area contributed by atoms with E-state index in [1.165, 1.54) is 36.0 Å². The number of hydrogen-bond acceptors (Lipinski definition) is 4. The highest BCUT2D eigenvalue weighted by Gasteiger charge is 2.18. The van der Waals surface area contributed by atoms with Gasteiger partial charge >= 0.3 is 0 Å². The van der Waals surface area contributed by atoms with Crippen LogP contribution in [-0.2, 0) is 0 Å². The molecule has 1 aliphatic heterocycles. The van der Waals surface area contributed by atoms with Crippen molar-refractivity contribution in [2.45, 2.75) is 23.5 Å². The maximum atomic E-state index is 12.9. The molecule has 0 saturated heterocycles. The minimum absolute atomic E-state index is 0.0258. The summed E-state index contributed by atoms with van der Waals surface area (Å²) < 4.78 is 24.2. The lowest BCUT2D eigenvalue weighted by molar-refractivity contribution is 0.0994. The summed E-state index contributed by atoms with van der Waals surface area (Å²) in [5, 5.41) is -0.273. The molecule has 3 rings (SSSR count). The third-order valence-corrected chi connectivity index (χ3v) is 4.62. The monoisotopic (exact) mass is 332 g/mol. The van der Waals surface area contributed by atoms with Crippen molar-refractivity contribution in [2.24, 2.45) is 0 Å². The lowest BCUT2D eigenvalue weighted by atomic mass is 10.1. The van der Waals surface area contributed by atoms with Crippen molar-refractivity contribution in [3.8, 4) is 11.5 Å². The molecule has 3 nitrogen and oxygen atoms in total. The van der Waals surface area contributed by atoms with Crippen molar-refractivity contribution in [1.82, 2.24) is 0 Å². The van der Waals surface area contributed by atoms with E-state index in [0.717, 1.165) is 17.1 Å². The number of halogens is 1. The first-order valence-corrected chi connectivity index (χ1v) is 8.37. The van der Waals surface area contributed by atoms with E-state index in [0.29, 0.717) is 24.5 Å². The maximum Gasteiger partial charge on any atom is 0.175 e. The molecule has 0 spiro atoms. The summed E-state index contributed by atoms with van der Waals surface area (Å²) in [6.07, 6.45) is 0.858. The van der Waals surface area contributed by atoms with Crippen LogP contribution in [0.4, 0.5) is 4.39 Å². The Labute approximate surface area is 138 Å². The fraction of sp³-hybridized carbons (Fsp3) is 0.278. The van der Waals surface area contributed by atoms with Gasteiger partial charge in [0.15, 0.2) is 17.3 Å². The van der Waals surface area contributed by atoms with Crippen molar-refractivity contribution >= 4 is 17.5 Å². The van der Waals surface area contributed by atoms with E-state index in [4.69, 9.17) is 9.47 Å². The summed E-state index contributed by atoms with van der Waals surface area (Å²) in [7, 11) is 0. The maximum absolute atomic E-state index is 12.9. The molecule has 0 aromatic heterocycles. The smallest absolute Gasteiger partial charge is 0.175 e. The van der Waals surface area contributed by atoms with Gasteiger partial charge in [-0.15, -0.1) is 11.8 Å². The minimum Gasteiger partial charge on any atom is -0.490 e. The summed E-state index contributed by atoms with van der Waals surface area (Å²) in [6.45, 7) is 3.13. The molecule has 5 heteroatoms. The molecular weight excluding hydrogens is 315 g/mol. The second-order valence-electron chi connectivity index (χ2n) is 5.29. The Bertz CT molecular complexity index is 700. The standard InChI is InChI=1S/C18H17FO3S/c1-12(18(20)13-3-5-14(19)6-4-13)23-15-7-8-16-17(11-15)22-10-2-9-21-16/h3-8,11-12H,2,9-10H2,1H3. The number of ketones is 1. The van der Waals surface area contributed by atoms with Crippen molar-refractivity contribution < 1.29 is 18.7 Å². The predicted molar refractivity (Wildman–Crippen MR) is 88.1 cm³/mol. The van der Waals surface area contributed by atoms with Gasteiger partial charge in [0.1, 0.15) is 5.82 Å². The molecule has 1 atom stereocenters. The minimum atomic E-state index is -0.343. The Morgan fingerprint density at radius 1 is 1.09 bits per heavy atom. The fourth-order valence-electron chi connectivity index (χ4n) is 2.32. The molecule has 0 amide bonds. The third-order valence-electron chi connectivity index (χ3n) is 3.53. The van der Waals surface area contributed by atoms with Gasteiger partial charge in [0.2, 0.25) is 0 Å². The number of fused-ring (bicyclic) bond motifs is 1. The summed E-state index contributed by atoms with van der Waals surface area (Å²) in [4.78, 5) is 13.3. The van der Waals surface area contributed by atoms with Crippen LogP contribution in [0.1, 0.15) is 23.7 Å². The van der Waals surface area contributed by atoms with E-state index in [9.17, 15) is 9.18 Å². The highest BCUT2D eigenvalue weighted by molar-refractivity contribution is 8.00. The van der Waals surface area contributed by atoms with E-state index in [-0.39, 0.29) is 16.9 Å². The van der Waals surface area contributed by atoms with E-state index in [1.807, 2.05) is 25.1 Å². The number of carbonyl (C=O) groups excluding carboxylic acids is 1. The number of carbonyl (C=O) groups is 1. The number of benzene rings is 2. The quantitative estimate of drug-likeness (QED) is 0.616.